The van der Waals surface area contributed by atoms with E-state index in [4.69, 9.17) is 46.4 Å². The maximum Gasteiger partial charge on any atom is -0.147 e. The third kappa shape index (κ3) is 37.0. The number of allylic oxidation sites excluding steroid dienone is 4. The van der Waals surface area contributed by atoms with E-state index in [1.165, 1.54) is 0 Å². The zero-order valence-electron chi connectivity index (χ0n) is 10.8. The van der Waals surface area contributed by atoms with Gasteiger partial charge >= 0.3 is 153 Å². The minimum Gasteiger partial charge on any atom is -0.147 e. The summed E-state index contributed by atoms with van der Waals surface area (Å²) in [6, 6.07) is 0. The fourth-order valence-corrected chi connectivity index (χ4v) is 5.73. The van der Waals surface area contributed by atoms with E-state index in [-0.39, 0.29) is 66.7 Å². The quantitative estimate of drug-likeness (QED) is 0.256. The van der Waals surface area contributed by atoms with E-state index < -0.39 is 0 Å². The topological polar surface area (TPSA) is 0 Å². The molecule has 120 valence electrons. The van der Waals surface area contributed by atoms with Gasteiger partial charge in [-0.2, -0.15) is 0 Å². The van der Waals surface area contributed by atoms with Crippen LogP contribution in [0.2, 0.25) is 17.9 Å². The van der Waals surface area contributed by atoms with Crippen LogP contribution in [0.15, 0.2) is 46.4 Å². The summed E-state index contributed by atoms with van der Waals surface area (Å²) in [4.78, 5) is 0. The number of rotatable bonds is 8. The molecule has 20 heavy (non-hydrogen) atoms. The second-order valence-corrected chi connectivity index (χ2v) is 10.8. The predicted octanol–water partition coefficient (Wildman–Crippen LogP) is 6.91. The molecule has 0 aliphatic rings. The molecule has 0 amide bonds. The van der Waals surface area contributed by atoms with Crippen LogP contribution in [0, 0.1) is 0 Å². The Labute approximate surface area is 175 Å². The van der Waals surface area contributed by atoms with Gasteiger partial charge in [-0.25, -0.2) is 0 Å². The first-order chi connectivity index (χ1) is 8.25. The van der Waals surface area contributed by atoms with Crippen molar-refractivity contribution in [3.8, 4) is 0 Å². The van der Waals surface area contributed by atoms with Gasteiger partial charge in [0.1, 0.15) is 0 Å². The van der Waals surface area contributed by atoms with Crippen LogP contribution in [0.5, 0.6) is 0 Å². The molecule has 0 spiro atoms. The summed E-state index contributed by atoms with van der Waals surface area (Å²) in [5.41, 5.74) is 0. The molecule has 0 bridgehead atoms. The van der Waals surface area contributed by atoms with Gasteiger partial charge in [0.25, 0.3) is 0 Å². The normalized spacial score (nSPS) is 8.20. The van der Waals surface area contributed by atoms with Crippen LogP contribution in [0.25, 0.3) is 0 Å². The first-order valence-corrected chi connectivity index (χ1v) is 12.8. The summed E-state index contributed by atoms with van der Waals surface area (Å²) < 4.78 is 3.83. The van der Waals surface area contributed by atoms with Gasteiger partial charge < -0.3 is 0 Å². The van der Waals surface area contributed by atoms with Crippen molar-refractivity contribution in [2.24, 2.45) is 0 Å². The van der Waals surface area contributed by atoms with Crippen molar-refractivity contribution >= 4 is 113 Å². The summed E-state index contributed by atoms with van der Waals surface area (Å²) in [5, 5.41) is 2.98. The van der Waals surface area contributed by atoms with Crippen molar-refractivity contribution in [1.82, 2.24) is 0 Å². The molecule has 0 aromatic rings. The van der Waals surface area contributed by atoms with Gasteiger partial charge in [-0.05, 0) is 0 Å². The van der Waals surface area contributed by atoms with Gasteiger partial charge in [-0.15, -0.1) is 24.8 Å². The third-order valence-corrected chi connectivity index (χ3v) is 9.87. The second kappa shape index (κ2) is 21.3. The van der Waals surface area contributed by atoms with Gasteiger partial charge in [-0.3, -0.25) is 0 Å². The summed E-state index contributed by atoms with van der Waals surface area (Å²) in [5.74, 6) is 0. The zero-order chi connectivity index (χ0) is 14.6. The fraction of sp³-hybridized carbons (Fsp3) is 0.333. The largest absolute Gasteiger partial charge is 0.147 e. The number of halogens is 6. The van der Waals surface area contributed by atoms with E-state index in [0.29, 0.717) is 0 Å². The van der Waals surface area contributed by atoms with Crippen LogP contribution in [-0.4, -0.2) is 41.8 Å². The molecule has 0 nitrogen and oxygen atoms in total. The summed E-state index contributed by atoms with van der Waals surface area (Å²) in [6.45, 7) is 14.3. The van der Waals surface area contributed by atoms with Crippen molar-refractivity contribution in [2.75, 3.05) is 0 Å². The molecular formula is C12H18Cl6Te2. The smallest absolute Gasteiger partial charge is 0.147 e. The molecule has 0 aliphatic carbocycles. The van der Waals surface area contributed by atoms with Crippen molar-refractivity contribution < 1.29 is 0 Å². The Kier molecular flexibility index (Phi) is 32.1. The predicted molar refractivity (Wildman–Crippen MR) is 105 cm³/mol. The number of hydrogen-bond acceptors (Lipinski definition) is 0. The maximum atomic E-state index is 5.53. The molecule has 0 saturated heterocycles. The standard InChI is InChI=1S/2C6H8Cl2Te.2ClH/c2*1-5(7)3-9-4-6(2)8;;/h2*1-4H2;2*1H. The van der Waals surface area contributed by atoms with Crippen LogP contribution in [0.1, 0.15) is 0 Å². The molecule has 0 N–H and O–H groups in total. The van der Waals surface area contributed by atoms with Crippen LogP contribution in [0.4, 0.5) is 0 Å². The molecule has 0 heterocycles. The van der Waals surface area contributed by atoms with Gasteiger partial charge in [0.05, 0.1) is 0 Å². The van der Waals surface area contributed by atoms with E-state index in [0.717, 1.165) is 38.0 Å². The van der Waals surface area contributed by atoms with Gasteiger partial charge in [0.2, 0.25) is 0 Å². The van der Waals surface area contributed by atoms with E-state index in [9.17, 15) is 0 Å². The molecule has 0 fully saturated rings. The van der Waals surface area contributed by atoms with E-state index in [1.807, 2.05) is 0 Å². The fourth-order valence-electron chi connectivity index (χ4n) is 0.545. The minimum atomic E-state index is -0.0765. The van der Waals surface area contributed by atoms with Crippen molar-refractivity contribution in [3.63, 3.8) is 0 Å². The van der Waals surface area contributed by atoms with Crippen molar-refractivity contribution in [1.29, 1.82) is 0 Å². The average molecular weight is 630 g/mol. The summed E-state index contributed by atoms with van der Waals surface area (Å²) >= 11 is 22.0. The molecule has 0 saturated carbocycles. The zero-order valence-corrected chi connectivity index (χ0v) is 20.1. The first kappa shape index (κ1) is 30.2. The Morgan fingerprint density at radius 2 is 0.700 bits per heavy atom. The Balaban J connectivity index is -0.000000116. The third-order valence-electron chi connectivity index (χ3n) is 1.03. The van der Waals surface area contributed by atoms with Crippen LogP contribution >= 0.6 is 71.2 Å². The molecule has 0 unspecified atom stereocenters. The van der Waals surface area contributed by atoms with Crippen molar-refractivity contribution in [2.45, 2.75) is 17.9 Å². The van der Waals surface area contributed by atoms with E-state index in [2.05, 4.69) is 26.3 Å². The average Bonchev–Trinajstić information content (AvgIpc) is 2.15. The molecule has 0 aliphatic heterocycles. The Morgan fingerprint density at radius 1 is 0.550 bits per heavy atom. The van der Waals surface area contributed by atoms with E-state index in [1.54, 1.807) is 0 Å². The van der Waals surface area contributed by atoms with Crippen molar-refractivity contribution in [3.05, 3.63) is 46.4 Å². The maximum absolute atomic E-state index is 5.53. The summed E-state index contributed by atoms with van der Waals surface area (Å²) in [6.07, 6.45) is 0. The Morgan fingerprint density at radius 3 is 0.800 bits per heavy atom. The van der Waals surface area contributed by atoms with Gasteiger partial charge in [0.15, 0.2) is 0 Å². The van der Waals surface area contributed by atoms with Gasteiger partial charge in [0, 0.05) is 0 Å². The van der Waals surface area contributed by atoms with Crippen LogP contribution in [0.3, 0.4) is 0 Å². The molecule has 0 aromatic heterocycles. The molecule has 0 radical (unpaired) electrons. The monoisotopic (exact) mass is 632 g/mol. The molecule has 0 atom stereocenters. The molecular weight excluding hydrogens is 612 g/mol. The van der Waals surface area contributed by atoms with Gasteiger partial charge in [-0.1, -0.05) is 0 Å². The molecule has 0 aromatic carbocycles. The Bertz CT molecular complexity index is 246. The van der Waals surface area contributed by atoms with E-state index >= 15 is 0 Å². The second-order valence-electron chi connectivity index (χ2n) is 3.05. The summed E-state index contributed by atoms with van der Waals surface area (Å²) in [7, 11) is 0. The minimum absolute atomic E-state index is 0. The Hall–Kier alpha value is 2.28. The molecule has 8 heteroatoms. The SMILES string of the molecule is C=C(Cl)C[Te]CC(=C)Cl.C=C(Cl)C[Te]CC(=C)Cl.Cl.Cl. The van der Waals surface area contributed by atoms with Crippen LogP contribution in [-0.2, 0) is 0 Å². The number of hydrogen-bond donors (Lipinski definition) is 0. The van der Waals surface area contributed by atoms with Crippen LogP contribution < -0.4 is 0 Å². The first-order valence-electron chi connectivity index (χ1n) is 4.74. The molecule has 0 rings (SSSR count).